The molecule has 0 saturated carbocycles. The second-order valence-electron chi connectivity index (χ2n) is 3.72. The number of carbonyl (C=O) groups is 1. The Balaban J connectivity index is 2.73. The molecule has 0 bridgehead atoms. The molecule has 3 N–H and O–H groups in total. The maximum absolute atomic E-state index is 12.3. The Morgan fingerprint density at radius 1 is 1.63 bits per heavy atom. The van der Waals surface area contributed by atoms with Crippen LogP contribution in [0, 0.1) is 0 Å². The van der Waals surface area contributed by atoms with Gasteiger partial charge in [0.1, 0.15) is 10.7 Å². The molecule has 1 amide bonds. The zero-order valence-corrected chi connectivity index (χ0v) is 12.1. The van der Waals surface area contributed by atoms with Crippen molar-refractivity contribution >= 4 is 34.7 Å². The topological polar surface area (TPSA) is 88.2 Å². The smallest absolute Gasteiger partial charge is 0.265 e. The third-order valence-corrected chi connectivity index (χ3v) is 3.76. The second-order valence-corrected chi connectivity index (χ2v) is 5.05. The summed E-state index contributed by atoms with van der Waals surface area (Å²) in [5, 5.41) is 13.6. The van der Waals surface area contributed by atoms with Gasteiger partial charge >= 0.3 is 0 Å². The molecule has 0 aromatic carbocycles. The van der Waals surface area contributed by atoms with Crippen LogP contribution in [0.3, 0.4) is 0 Å². The number of rotatable bonds is 7. The highest BCUT2D eigenvalue weighted by atomic mass is 35.5. The van der Waals surface area contributed by atoms with Gasteiger partial charge in [-0.25, -0.2) is 0 Å². The maximum atomic E-state index is 12.3. The van der Waals surface area contributed by atoms with E-state index in [4.69, 9.17) is 27.3 Å². The number of nitrogens with two attached hydrogens (primary N) is 1. The van der Waals surface area contributed by atoms with E-state index in [0.29, 0.717) is 29.6 Å². The van der Waals surface area contributed by atoms with E-state index in [-0.39, 0.29) is 18.2 Å². The summed E-state index contributed by atoms with van der Waals surface area (Å²) in [7, 11) is 1.56. The van der Waals surface area contributed by atoms with Crippen LogP contribution in [-0.2, 0) is 4.74 Å². The minimum absolute atomic E-state index is 0.0764. The molecule has 0 spiro atoms. The van der Waals surface area contributed by atoms with Gasteiger partial charge in [0.2, 0.25) is 0 Å². The largest absolute Gasteiger partial charge is 0.409 e. The van der Waals surface area contributed by atoms with Crippen LogP contribution in [0.4, 0.5) is 0 Å². The lowest BCUT2D eigenvalue weighted by atomic mass is 10.3. The van der Waals surface area contributed by atoms with Crippen molar-refractivity contribution in [3.05, 3.63) is 21.3 Å². The number of carbonyl (C=O) groups excluding carboxylic acids is 1. The van der Waals surface area contributed by atoms with Crippen LogP contribution in [0.25, 0.3) is 0 Å². The predicted molar refractivity (Wildman–Crippen MR) is 75.1 cm³/mol. The number of ether oxygens (including phenoxy) is 1. The molecular formula is C11H16ClN3O3S. The molecule has 0 fully saturated rings. The van der Waals surface area contributed by atoms with Crippen molar-refractivity contribution in [2.75, 3.05) is 26.8 Å². The summed E-state index contributed by atoms with van der Waals surface area (Å²) in [6, 6.07) is 1.68. The average molecular weight is 306 g/mol. The summed E-state index contributed by atoms with van der Waals surface area (Å²) in [4.78, 5) is 14.3. The number of hydrogen-bond donors (Lipinski definition) is 2. The van der Waals surface area contributed by atoms with Crippen molar-refractivity contribution in [2.24, 2.45) is 10.9 Å². The number of thiophene rings is 1. The number of amides is 1. The Kier molecular flexibility index (Phi) is 6.61. The fraction of sp³-hybridized carbons (Fsp3) is 0.455. The number of amidine groups is 1. The van der Waals surface area contributed by atoms with Crippen molar-refractivity contribution in [2.45, 2.75) is 6.42 Å². The summed E-state index contributed by atoms with van der Waals surface area (Å²) in [6.07, 6.45) is 0.287. The first-order valence-electron chi connectivity index (χ1n) is 5.57. The van der Waals surface area contributed by atoms with Crippen LogP contribution in [0.1, 0.15) is 16.1 Å². The molecule has 106 valence electrons. The van der Waals surface area contributed by atoms with Gasteiger partial charge in [-0.1, -0.05) is 16.8 Å². The summed E-state index contributed by atoms with van der Waals surface area (Å²) in [5.74, 6) is -0.102. The average Bonchev–Trinajstić information content (AvgIpc) is 2.84. The van der Waals surface area contributed by atoms with Crippen LogP contribution >= 0.6 is 22.9 Å². The first kappa shape index (κ1) is 15.7. The van der Waals surface area contributed by atoms with Gasteiger partial charge in [-0.3, -0.25) is 4.79 Å². The third-order valence-electron chi connectivity index (χ3n) is 2.43. The van der Waals surface area contributed by atoms with Gasteiger partial charge in [0, 0.05) is 26.6 Å². The van der Waals surface area contributed by atoms with Crippen molar-refractivity contribution in [3.8, 4) is 0 Å². The van der Waals surface area contributed by atoms with E-state index >= 15 is 0 Å². The zero-order chi connectivity index (χ0) is 14.3. The lowest BCUT2D eigenvalue weighted by Gasteiger charge is -2.21. The van der Waals surface area contributed by atoms with Gasteiger partial charge in [-0.2, -0.15) is 0 Å². The van der Waals surface area contributed by atoms with Crippen molar-refractivity contribution in [1.82, 2.24) is 4.90 Å². The van der Waals surface area contributed by atoms with Gasteiger partial charge in [-0.15, -0.1) is 11.3 Å². The van der Waals surface area contributed by atoms with Gasteiger partial charge in [-0.05, 0) is 11.4 Å². The summed E-state index contributed by atoms with van der Waals surface area (Å²) < 4.78 is 4.97. The quantitative estimate of drug-likeness (QED) is 0.347. The monoisotopic (exact) mass is 305 g/mol. The molecule has 19 heavy (non-hydrogen) atoms. The lowest BCUT2D eigenvalue weighted by Crippen LogP contribution is -2.36. The molecule has 1 aromatic rings. The number of halogens is 1. The van der Waals surface area contributed by atoms with Crippen molar-refractivity contribution in [1.29, 1.82) is 0 Å². The molecule has 1 rings (SSSR count). The van der Waals surface area contributed by atoms with Gasteiger partial charge < -0.3 is 20.6 Å². The first-order chi connectivity index (χ1) is 9.10. The van der Waals surface area contributed by atoms with Crippen molar-refractivity contribution in [3.63, 3.8) is 0 Å². The van der Waals surface area contributed by atoms with Gasteiger partial charge in [0.25, 0.3) is 5.91 Å². The highest BCUT2D eigenvalue weighted by Gasteiger charge is 2.19. The Morgan fingerprint density at radius 2 is 2.37 bits per heavy atom. The predicted octanol–water partition coefficient (Wildman–Crippen LogP) is 1.63. The third kappa shape index (κ3) is 4.70. The molecule has 0 aliphatic carbocycles. The number of oxime groups is 1. The molecule has 0 unspecified atom stereocenters. The van der Waals surface area contributed by atoms with E-state index in [1.165, 1.54) is 11.3 Å². The van der Waals surface area contributed by atoms with E-state index < -0.39 is 0 Å². The molecule has 1 aromatic heterocycles. The molecule has 0 aliphatic rings. The fourth-order valence-electron chi connectivity index (χ4n) is 1.41. The van der Waals surface area contributed by atoms with E-state index in [2.05, 4.69) is 5.16 Å². The Hall–Kier alpha value is -1.31. The molecule has 0 atom stereocenters. The standard InChI is InChI=1S/C11H16ClN3O3S/c1-18-6-5-15(4-2-9(13)14-17)11(16)10-8(12)3-7-19-10/h3,7,17H,2,4-6H2,1H3,(H2,13,14). The maximum Gasteiger partial charge on any atom is 0.265 e. The number of methoxy groups -OCH3 is 1. The molecule has 0 radical (unpaired) electrons. The molecule has 0 saturated heterocycles. The van der Waals surface area contributed by atoms with E-state index in [0.717, 1.165) is 0 Å². The van der Waals surface area contributed by atoms with Crippen LogP contribution in [-0.4, -0.2) is 48.7 Å². The molecular weight excluding hydrogens is 290 g/mol. The fourth-order valence-corrected chi connectivity index (χ4v) is 2.51. The van der Waals surface area contributed by atoms with Gasteiger partial charge in [0.05, 0.1) is 11.6 Å². The van der Waals surface area contributed by atoms with E-state index in [1.807, 2.05) is 0 Å². The normalized spacial score (nSPS) is 11.6. The Bertz CT molecular complexity index is 450. The van der Waals surface area contributed by atoms with Crippen LogP contribution < -0.4 is 5.73 Å². The Morgan fingerprint density at radius 3 is 2.89 bits per heavy atom. The zero-order valence-electron chi connectivity index (χ0n) is 10.5. The molecule has 8 heteroatoms. The summed E-state index contributed by atoms with van der Waals surface area (Å²) >= 11 is 7.23. The van der Waals surface area contributed by atoms with Crippen LogP contribution in [0.5, 0.6) is 0 Å². The SMILES string of the molecule is COCCN(CC/C(N)=N/O)C(=O)c1sccc1Cl. The molecule has 1 heterocycles. The first-order valence-corrected chi connectivity index (χ1v) is 6.83. The minimum atomic E-state index is -0.178. The highest BCUT2D eigenvalue weighted by Crippen LogP contribution is 2.23. The van der Waals surface area contributed by atoms with Crippen LogP contribution in [0.15, 0.2) is 16.6 Å². The highest BCUT2D eigenvalue weighted by molar-refractivity contribution is 7.12. The van der Waals surface area contributed by atoms with Crippen molar-refractivity contribution < 1.29 is 14.7 Å². The molecule has 6 nitrogen and oxygen atoms in total. The summed E-state index contributed by atoms with van der Waals surface area (Å²) in [6.45, 7) is 1.17. The van der Waals surface area contributed by atoms with E-state index in [9.17, 15) is 4.79 Å². The number of nitrogens with zero attached hydrogens (tertiary/aromatic N) is 2. The minimum Gasteiger partial charge on any atom is -0.409 e. The number of hydrogen-bond acceptors (Lipinski definition) is 5. The second kappa shape index (κ2) is 7.98. The summed E-state index contributed by atoms with van der Waals surface area (Å²) in [5.41, 5.74) is 5.41. The lowest BCUT2D eigenvalue weighted by molar-refractivity contribution is 0.0705. The van der Waals surface area contributed by atoms with Crippen LogP contribution in [0.2, 0.25) is 5.02 Å². The molecule has 0 aliphatic heterocycles. The van der Waals surface area contributed by atoms with E-state index in [1.54, 1.807) is 23.5 Å². The Labute approximate surface area is 120 Å². The van der Waals surface area contributed by atoms with Gasteiger partial charge in [0.15, 0.2) is 0 Å².